The maximum Gasteiger partial charge on any atom is 0.358 e. The van der Waals surface area contributed by atoms with Gasteiger partial charge in [-0.1, -0.05) is 13.8 Å². The number of carboxylic acid groups (broad SMARTS) is 2. The lowest BCUT2D eigenvalue weighted by Gasteiger charge is -2.30. The molecule has 3 atom stereocenters. The summed E-state index contributed by atoms with van der Waals surface area (Å²) in [6.07, 6.45) is 1.85. The fourth-order valence-corrected chi connectivity index (χ4v) is 4.91. The minimum atomic E-state index is -2.09. The van der Waals surface area contributed by atoms with Crippen molar-refractivity contribution in [2.24, 2.45) is 24.2 Å². The summed E-state index contributed by atoms with van der Waals surface area (Å²) in [7, 11) is 1.87. The van der Waals surface area contributed by atoms with Crippen LogP contribution >= 0.6 is 0 Å². The summed E-state index contributed by atoms with van der Waals surface area (Å²) in [6.45, 7) is 7.58. The molecule has 4 aromatic rings. The highest BCUT2D eigenvalue weighted by Gasteiger charge is 2.40. The lowest BCUT2D eigenvalue weighted by Crippen LogP contribution is -2.45. The number of carboxylic acids is 2. The summed E-state index contributed by atoms with van der Waals surface area (Å²) < 4.78 is 3.73. The molecule has 13 nitrogen and oxygen atoms in total. The third-order valence-electron chi connectivity index (χ3n) is 7.56. The zero-order chi connectivity index (χ0) is 31.5. The van der Waals surface area contributed by atoms with Gasteiger partial charge in [-0.15, -0.1) is 9.78 Å². The Morgan fingerprint density at radius 3 is 2.07 bits per heavy atom. The maximum atomic E-state index is 13.8. The van der Waals surface area contributed by atoms with Gasteiger partial charge in [0.25, 0.3) is 5.91 Å². The number of hydrogen-bond donors (Lipinski definition) is 5. The average Bonchev–Trinajstić information content (AvgIpc) is 3.45. The number of aromatic nitrogens is 4. The number of aliphatic carboxylic acids is 2. The van der Waals surface area contributed by atoms with Crippen LogP contribution in [0.15, 0.2) is 47.4 Å². The molecule has 3 unspecified atom stereocenters. The van der Waals surface area contributed by atoms with E-state index >= 15 is 0 Å². The maximum absolute atomic E-state index is 13.8. The Balaban J connectivity index is 2.20. The Bertz CT molecular complexity index is 1810. The summed E-state index contributed by atoms with van der Waals surface area (Å²) in [5, 5.41) is 25.2. The number of fused-ring (bicyclic) bond motifs is 1. The molecule has 0 spiro atoms. The number of carbonyl (C=O) groups is 3. The average molecular weight is 578 g/mol. The van der Waals surface area contributed by atoms with Crippen molar-refractivity contribution in [3.63, 3.8) is 0 Å². The van der Waals surface area contributed by atoms with E-state index in [-0.39, 0.29) is 28.4 Å². The molecule has 8 N–H and O–H groups in total. The van der Waals surface area contributed by atoms with Crippen molar-refractivity contribution in [2.75, 3.05) is 0 Å². The molecule has 13 heteroatoms. The second kappa shape index (κ2) is 10.4. The minimum absolute atomic E-state index is 0.0558. The topological polar surface area (TPSA) is 214 Å². The second-order valence-corrected chi connectivity index (χ2v) is 11.3. The number of carbonyl (C=O) groups excluding carboxylic acids is 1. The molecule has 0 aliphatic heterocycles. The van der Waals surface area contributed by atoms with Gasteiger partial charge in [0.05, 0.1) is 11.7 Å². The van der Waals surface area contributed by atoms with Crippen LogP contribution < -0.4 is 22.9 Å². The van der Waals surface area contributed by atoms with E-state index in [0.29, 0.717) is 15.9 Å². The summed E-state index contributed by atoms with van der Waals surface area (Å²) in [5.41, 5.74) is 15.5. The Labute approximate surface area is 241 Å². The van der Waals surface area contributed by atoms with E-state index in [0.717, 1.165) is 10.9 Å². The summed E-state index contributed by atoms with van der Waals surface area (Å²) >= 11 is 0. The zero-order valence-electron chi connectivity index (χ0n) is 24.2. The SMILES string of the molecule is CC(N)C(=O)n1nc(-c2cc(C(C)C)c(C(C)(N)C(=O)O)cc2C(C)(N)C(=O)O)n(-c2ccc3c(ccn3C)c2)c1=O. The van der Waals surface area contributed by atoms with Crippen LogP contribution in [0.5, 0.6) is 0 Å². The second-order valence-electron chi connectivity index (χ2n) is 11.3. The Hall–Kier alpha value is -4.59. The van der Waals surface area contributed by atoms with E-state index in [9.17, 15) is 29.4 Å². The molecule has 0 radical (unpaired) electrons. The summed E-state index contributed by atoms with van der Waals surface area (Å²) in [5.74, 6) is -3.92. The van der Waals surface area contributed by atoms with Crippen LogP contribution in [0.25, 0.3) is 28.0 Å². The molecule has 0 aliphatic rings. The van der Waals surface area contributed by atoms with Crippen molar-refractivity contribution in [1.82, 2.24) is 18.9 Å². The van der Waals surface area contributed by atoms with Gasteiger partial charge in [0.1, 0.15) is 11.1 Å². The third-order valence-corrected chi connectivity index (χ3v) is 7.56. The van der Waals surface area contributed by atoms with Gasteiger partial charge in [0.2, 0.25) is 0 Å². The highest BCUT2D eigenvalue weighted by Crippen LogP contribution is 2.39. The van der Waals surface area contributed by atoms with Crippen LogP contribution in [0.3, 0.4) is 0 Å². The number of hydrogen-bond acceptors (Lipinski definition) is 8. The highest BCUT2D eigenvalue weighted by molar-refractivity contribution is 5.88. The third kappa shape index (κ3) is 4.81. The minimum Gasteiger partial charge on any atom is -0.480 e. The number of nitrogens with zero attached hydrogens (tertiary/aromatic N) is 4. The first kappa shape index (κ1) is 30.4. The van der Waals surface area contributed by atoms with Crippen molar-refractivity contribution in [2.45, 2.75) is 57.7 Å². The van der Waals surface area contributed by atoms with Crippen molar-refractivity contribution in [3.8, 4) is 17.1 Å². The molecule has 0 aliphatic carbocycles. The monoisotopic (exact) mass is 577 g/mol. The first-order valence-electron chi connectivity index (χ1n) is 13.2. The van der Waals surface area contributed by atoms with Gasteiger partial charge < -0.3 is 32.0 Å². The normalized spacial score (nSPS) is 15.4. The van der Waals surface area contributed by atoms with Gasteiger partial charge in [0, 0.05) is 29.7 Å². The number of aryl methyl sites for hydroxylation is 1. The smallest absolute Gasteiger partial charge is 0.358 e. The van der Waals surface area contributed by atoms with Crippen molar-refractivity contribution < 1.29 is 24.6 Å². The van der Waals surface area contributed by atoms with Crippen LogP contribution in [0.1, 0.15) is 62.0 Å². The quantitative estimate of drug-likeness (QED) is 0.205. The van der Waals surface area contributed by atoms with Crippen LogP contribution in [0, 0.1) is 0 Å². The Morgan fingerprint density at radius 1 is 0.929 bits per heavy atom. The van der Waals surface area contributed by atoms with Crippen molar-refractivity contribution in [1.29, 1.82) is 0 Å². The first-order chi connectivity index (χ1) is 19.4. The van der Waals surface area contributed by atoms with E-state index in [2.05, 4.69) is 5.10 Å². The molecule has 0 saturated carbocycles. The summed E-state index contributed by atoms with van der Waals surface area (Å²) in [4.78, 5) is 51.5. The molecule has 0 saturated heterocycles. The van der Waals surface area contributed by atoms with Crippen LogP contribution in [0.4, 0.5) is 0 Å². The standard InChI is InChI=1S/C29H35N7O6/c1-14(2)18-12-19(21(29(5,32)26(40)41)13-20(18)28(4,31)25(38)39)23-33-36(24(37)15(3)30)27(42)35(23)17-7-8-22-16(11-17)9-10-34(22)6/h7-15H,30-32H2,1-6H3,(H,38,39)(H,40,41). The predicted octanol–water partition coefficient (Wildman–Crippen LogP) is 1.82. The lowest BCUT2D eigenvalue weighted by atomic mass is 9.78. The van der Waals surface area contributed by atoms with Crippen molar-refractivity contribution >= 4 is 28.7 Å². The lowest BCUT2D eigenvalue weighted by molar-refractivity contribution is -0.143. The van der Waals surface area contributed by atoms with Gasteiger partial charge in [0.15, 0.2) is 5.82 Å². The molecule has 4 rings (SSSR count). The molecule has 2 aromatic carbocycles. The van der Waals surface area contributed by atoms with Gasteiger partial charge in [-0.25, -0.2) is 19.0 Å². The van der Waals surface area contributed by atoms with Crippen molar-refractivity contribution in [3.05, 3.63) is 69.8 Å². The van der Waals surface area contributed by atoms with E-state index in [1.807, 2.05) is 37.7 Å². The van der Waals surface area contributed by atoms with E-state index < -0.39 is 40.7 Å². The van der Waals surface area contributed by atoms with Crippen LogP contribution in [-0.4, -0.2) is 53.0 Å². The molecule has 222 valence electrons. The molecule has 0 bridgehead atoms. The number of rotatable bonds is 8. The fourth-order valence-electron chi connectivity index (χ4n) is 4.91. The molecule has 0 fully saturated rings. The molecule has 2 heterocycles. The number of nitrogens with two attached hydrogens (primary N) is 3. The predicted molar refractivity (Wildman–Crippen MR) is 156 cm³/mol. The van der Waals surface area contributed by atoms with Gasteiger partial charge >= 0.3 is 17.6 Å². The molecule has 0 amide bonds. The molecule has 42 heavy (non-hydrogen) atoms. The van der Waals surface area contributed by atoms with E-state index in [1.54, 1.807) is 18.2 Å². The Morgan fingerprint density at radius 2 is 1.52 bits per heavy atom. The van der Waals surface area contributed by atoms with Gasteiger partial charge in [-0.2, -0.15) is 0 Å². The van der Waals surface area contributed by atoms with Crippen LogP contribution in [0.2, 0.25) is 0 Å². The molecular formula is C29H35N7O6. The zero-order valence-corrected chi connectivity index (χ0v) is 24.2. The number of benzene rings is 2. The molecular weight excluding hydrogens is 542 g/mol. The van der Waals surface area contributed by atoms with Gasteiger partial charge in [-0.05, 0) is 79.8 Å². The highest BCUT2D eigenvalue weighted by atomic mass is 16.4. The largest absolute Gasteiger partial charge is 0.480 e. The fraction of sp³-hybridized carbons (Fsp3) is 0.345. The molecule has 2 aromatic heterocycles. The van der Waals surface area contributed by atoms with E-state index in [4.69, 9.17) is 17.2 Å². The summed E-state index contributed by atoms with van der Waals surface area (Å²) in [6, 6.07) is 8.87. The van der Waals surface area contributed by atoms with Gasteiger partial charge in [-0.3, -0.25) is 4.79 Å². The van der Waals surface area contributed by atoms with Crippen LogP contribution in [-0.2, 0) is 27.7 Å². The van der Waals surface area contributed by atoms with E-state index in [1.165, 1.54) is 37.5 Å². The first-order valence-corrected chi connectivity index (χ1v) is 13.2. The Kier molecular flexibility index (Phi) is 7.49.